The molecule has 5 heteroatoms. The maximum Gasteiger partial charge on any atom is 0.220 e. The summed E-state index contributed by atoms with van der Waals surface area (Å²) in [6.45, 7) is 2.78. The van der Waals surface area contributed by atoms with Crippen molar-refractivity contribution in [3.63, 3.8) is 0 Å². The second kappa shape index (κ2) is 5.46. The molecule has 5 nitrogen and oxygen atoms in total. The van der Waals surface area contributed by atoms with Crippen LogP contribution in [0.15, 0.2) is 18.3 Å². The van der Waals surface area contributed by atoms with Crippen molar-refractivity contribution in [2.24, 2.45) is 11.5 Å². The fourth-order valence-corrected chi connectivity index (χ4v) is 2.45. The van der Waals surface area contributed by atoms with Gasteiger partial charge in [0, 0.05) is 32.3 Å². The molecule has 0 radical (unpaired) electrons. The van der Waals surface area contributed by atoms with Gasteiger partial charge < -0.3 is 16.4 Å². The van der Waals surface area contributed by atoms with Crippen LogP contribution >= 0.6 is 0 Å². The molecule has 2 unspecified atom stereocenters. The first-order chi connectivity index (χ1) is 8.61. The molecule has 0 saturated carbocycles. The Hall–Kier alpha value is -1.46. The molecule has 2 heterocycles. The number of likely N-dealkylation sites (tertiary alicyclic amines) is 1. The molecule has 0 bridgehead atoms. The quantitative estimate of drug-likeness (QED) is 0.800. The van der Waals surface area contributed by atoms with Gasteiger partial charge in [-0.05, 0) is 30.5 Å². The van der Waals surface area contributed by atoms with Gasteiger partial charge in [-0.25, -0.2) is 0 Å². The van der Waals surface area contributed by atoms with E-state index in [-0.39, 0.29) is 18.0 Å². The minimum atomic E-state index is -0.0160. The smallest absolute Gasteiger partial charge is 0.220 e. The van der Waals surface area contributed by atoms with Crippen LogP contribution in [-0.2, 0) is 11.3 Å². The lowest BCUT2D eigenvalue weighted by atomic mass is 9.94. The van der Waals surface area contributed by atoms with Crippen molar-refractivity contribution in [3.05, 3.63) is 29.6 Å². The van der Waals surface area contributed by atoms with E-state index in [0.717, 1.165) is 24.1 Å². The van der Waals surface area contributed by atoms with Crippen LogP contribution in [0.3, 0.4) is 0 Å². The van der Waals surface area contributed by atoms with Gasteiger partial charge in [0.15, 0.2) is 0 Å². The number of aromatic nitrogens is 1. The van der Waals surface area contributed by atoms with Crippen molar-refractivity contribution >= 4 is 5.91 Å². The number of carbonyl (C=O) groups excluding carboxylic acids is 1. The van der Waals surface area contributed by atoms with Crippen LogP contribution in [0.25, 0.3) is 0 Å². The number of rotatable bonds is 2. The fourth-order valence-electron chi connectivity index (χ4n) is 2.45. The first-order valence-corrected chi connectivity index (χ1v) is 6.29. The molecule has 1 aromatic rings. The Labute approximate surface area is 107 Å². The minimum absolute atomic E-state index is 0.0160. The third-order valence-electron chi connectivity index (χ3n) is 3.47. The molecular formula is C13H20N4O. The van der Waals surface area contributed by atoms with Gasteiger partial charge in [0.1, 0.15) is 0 Å². The summed E-state index contributed by atoms with van der Waals surface area (Å²) < 4.78 is 0. The summed E-state index contributed by atoms with van der Waals surface area (Å²) in [5, 5.41) is 0. The highest BCUT2D eigenvalue weighted by molar-refractivity contribution is 5.73. The average Bonchev–Trinajstić information content (AvgIpc) is 2.38. The van der Waals surface area contributed by atoms with Crippen molar-refractivity contribution in [1.29, 1.82) is 0 Å². The normalized spacial score (nSPS) is 24.1. The Morgan fingerprint density at radius 3 is 3.06 bits per heavy atom. The van der Waals surface area contributed by atoms with E-state index in [1.54, 1.807) is 13.1 Å². The molecule has 18 heavy (non-hydrogen) atoms. The maximum absolute atomic E-state index is 11.7. The molecule has 0 spiro atoms. The van der Waals surface area contributed by atoms with Gasteiger partial charge in [-0.1, -0.05) is 0 Å². The number of nitrogens with two attached hydrogens (primary N) is 2. The fraction of sp³-hybridized carbons (Fsp3) is 0.538. The molecule has 1 aliphatic rings. The molecule has 1 fully saturated rings. The second-order valence-corrected chi connectivity index (χ2v) is 4.81. The zero-order valence-corrected chi connectivity index (χ0v) is 10.7. The molecule has 1 aromatic heterocycles. The minimum Gasteiger partial charge on any atom is -0.334 e. The van der Waals surface area contributed by atoms with Crippen molar-refractivity contribution in [1.82, 2.24) is 9.88 Å². The van der Waals surface area contributed by atoms with E-state index in [1.807, 2.05) is 17.0 Å². The Balaban J connectivity index is 2.28. The Kier molecular flexibility index (Phi) is 3.93. The summed E-state index contributed by atoms with van der Waals surface area (Å²) in [7, 11) is 0. The lowest BCUT2D eigenvalue weighted by Gasteiger charge is -2.37. The number of pyridine rings is 1. The molecule has 1 saturated heterocycles. The van der Waals surface area contributed by atoms with Crippen LogP contribution in [0.5, 0.6) is 0 Å². The van der Waals surface area contributed by atoms with E-state index >= 15 is 0 Å². The van der Waals surface area contributed by atoms with Gasteiger partial charge in [-0.15, -0.1) is 0 Å². The van der Waals surface area contributed by atoms with Crippen LogP contribution in [0.1, 0.15) is 37.1 Å². The number of hydrogen-bond donors (Lipinski definition) is 2. The van der Waals surface area contributed by atoms with Crippen LogP contribution < -0.4 is 11.5 Å². The number of hydrogen-bond acceptors (Lipinski definition) is 4. The average molecular weight is 248 g/mol. The number of carbonyl (C=O) groups is 1. The highest BCUT2D eigenvalue weighted by Crippen LogP contribution is 2.29. The van der Waals surface area contributed by atoms with Gasteiger partial charge in [0.25, 0.3) is 0 Å². The summed E-state index contributed by atoms with van der Waals surface area (Å²) >= 11 is 0. The van der Waals surface area contributed by atoms with Crippen molar-refractivity contribution in [3.8, 4) is 0 Å². The Morgan fingerprint density at radius 2 is 2.39 bits per heavy atom. The monoisotopic (exact) mass is 248 g/mol. The van der Waals surface area contributed by atoms with E-state index in [2.05, 4.69) is 4.98 Å². The number of amides is 1. The van der Waals surface area contributed by atoms with Gasteiger partial charge in [-0.3, -0.25) is 9.78 Å². The predicted octanol–water partition coefficient (Wildman–Crippen LogP) is 0.551. The highest BCUT2D eigenvalue weighted by Gasteiger charge is 2.30. The summed E-state index contributed by atoms with van der Waals surface area (Å²) in [5.41, 5.74) is 13.6. The molecular weight excluding hydrogens is 228 g/mol. The van der Waals surface area contributed by atoms with Crippen LogP contribution in [0.2, 0.25) is 0 Å². The van der Waals surface area contributed by atoms with Gasteiger partial charge >= 0.3 is 0 Å². The third-order valence-corrected chi connectivity index (χ3v) is 3.47. The number of piperidine rings is 1. The van der Waals surface area contributed by atoms with Gasteiger partial charge in [0.05, 0.1) is 11.7 Å². The lowest BCUT2D eigenvalue weighted by Crippen LogP contribution is -2.44. The van der Waals surface area contributed by atoms with Crippen molar-refractivity contribution in [2.45, 2.75) is 38.4 Å². The van der Waals surface area contributed by atoms with Gasteiger partial charge in [-0.2, -0.15) is 0 Å². The molecule has 98 valence electrons. The van der Waals surface area contributed by atoms with E-state index in [0.29, 0.717) is 13.1 Å². The largest absolute Gasteiger partial charge is 0.334 e. The zero-order chi connectivity index (χ0) is 13.1. The van der Waals surface area contributed by atoms with Crippen molar-refractivity contribution < 1.29 is 4.79 Å². The number of nitrogens with zero attached hydrogens (tertiary/aromatic N) is 2. The molecule has 4 N–H and O–H groups in total. The Bertz CT molecular complexity index is 435. The van der Waals surface area contributed by atoms with Crippen LogP contribution in [0, 0.1) is 0 Å². The third kappa shape index (κ3) is 2.68. The maximum atomic E-state index is 11.7. The first kappa shape index (κ1) is 13.0. The summed E-state index contributed by atoms with van der Waals surface area (Å²) in [6, 6.07) is 3.98. The summed E-state index contributed by atoms with van der Waals surface area (Å²) in [4.78, 5) is 17.9. The summed E-state index contributed by atoms with van der Waals surface area (Å²) in [5.74, 6) is 0.0758. The highest BCUT2D eigenvalue weighted by atomic mass is 16.2. The van der Waals surface area contributed by atoms with E-state index < -0.39 is 0 Å². The Morgan fingerprint density at radius 1 is 1.61 bits per heavy atom. The SMILES string of the molecule is CC(=O)N1CCC(N)CC1c1cc(CN)ccn1. The predicted molar refractivity (Wildman–Crippen MR) is 69.5 cm³/mol. The molecule has 0 aliphatic carbocycles. The second-order valence-electron chi connectivity index (χ2n) is 4.81. The van der Waals surface area contributed by atoms with Crippen LogP contribution in [0.4, 0.5) is 0 Å². The zero-order valence-electron chi connectivity index (χ0n) is 10.7. The summed E-state index contributed by atoms with van der Waals surface area (Å²) in [6.07, 6.45) is 3.36. The van der Waals surface area contributed by atoms with Crippen LogP contribution in [-0.4, -0.2) is 28.4 Å². The molecule has 2 rings (SSSR count). The topological polar surface area (TPSA) is 85.2 Å². The molecule has 0 aromatic carbocycles. The molecule has 1 amide bonds. The van der Waals surface area contributed by atoms with E-state index in [1.165, 1.54) is 0 Å². The molecule has 1 aliphatic heterocycles. The van der Waals surface area contributed by atoms with E-state index in [9.17, 15) is 4.79 Å². The lowest BCUT2D eigenvalue weighted by molar-refractivity contribution is -0.132. The van der Waals surface area contributed by atoms with Crippen molar-refractivity contribution in [2.75, 3.05) is 6.54 Å². The first-order valence-electron chi connectivity index (χ1n) is 6.29. The standard InChI is InChI=1S/C13H20N4O/c1-9(18)17-5-3-11(15)7-13(17)12-6-10(8-14)2-4-16-12/h2,4,6,11,13H,3,5,7-8,14-15H2,1H3. The van der Waals surface area contributed by atoms with E-state index in [4.69, 9.17) is 11.5 Å². The molecule has 2 atom stereocenters. The van der Waals surface area contributed by atoms with Gasteiger partial charge in [0.2, 0.25) is 5.91 Å².